The second-order valence-corrected chi connectivity index (χ2v) is 7.40. The first kappa shape index (κ1) is 16.5. The van der Waals surface area contributed by atoms with Crippen LogP contribution < -0.4 is 5.32 Å². The standard InChI is InChI=1S/C16H27N3OS/c1-6-13-16(20)19(10-9-18(5)11(2)3)15(17-13)14-8-7-12(4)21-14/h7-8,11,13,15,17H,6,9-10H2,1-5H3. The van der Waals surface area contributed by atoms with E-state index in [-0.39, 0.29) is 18.1 Å². The van der Waals surface area contributed by atoms with Crippen LogP contribution in [0.1, 0.15) is 43.1 Å². The number of thiophene rings is 1. The van der Waals surface area contributed by atoms with Crippen LogP contribution in [-0.4, -0.2) is 47.9 Å². The minimum Gasteiger partial charge on any atom is -0.319 e. The Morgan fingerprint density at radius 2 is 2.14 bits per heavy atom. The molecular formula is C16H27N3OS. The molecule has 2 rings (SSSR count). The fraction of sp³-hybridized carbons (Fsp3) is 0.688. The van der Waals surface area contributed by atoms with Crippen molar-refractivity contribution in [1.82, 2.24) is 15.1 Å². The van der Waals surface area contributed by atoms with Crippen molar-refractivity contribution in [2.45, 2.75) is 52.4 Å². The zero-order chi connectivity index (χ0) is 15.6. The van der Waals surface area contributed by atoms with Crippen LogP contribution in [0.2, 0.25) is 0 Å². The smallest absolute Gasteiger partial charge is 0.241 e. The van der Waals surface area contributed by atoms with E-state index in [1.807, 2.05) is 4.90 Å². The Hall–Kier alpha value is -0.910. The molecule has 2 heterocycles. The zero-order valence-electron chi connectivity index (χ0n) is 13.7. The number of carbonyl (C=O) groups is 1. The number of hydrogen-bond acceptors (Lipinski definition) is 4. The molecule has 0 aliphatic carbocycles. The number of rotatable bonds is 6. The van der Waals surface area contributed by atoms with Gasteiger partial charge in [0.05, 0.1) is 6.04 Å². The molecule has 1 aromatic rings. The molecule has 1 aliphatic heterocycles. The normalized spacial score (nSPS) is 22.8. The molecular weight excluding hydrogens is 282 g/mol. The fourth-order valence-corrected chi connectivity index (χ4v) is 3.52. The number of nitrogens with one attached hydrogen (secondary N) is 1. The van der Waals surface area contributed by atoms with E-state index in [4.69, 9.17) is 0 Å². The molecule has 1 aliphatic rings. The SMILES string of the molecule is CCC1NC(c2ccc(C)s2)N(CCN(C)C(C)C)C1=O. The molecule has 1 saturated heterocycles. The van der Waals surface area contributed by atoms with Crippen LogP contribution in [-0.2, 0) is 4.79 Å². The van der Waals surface area contributed by atoms with Crippen LogP contribution in [0.4, 0.5) is 0 Å². The maximum atomic E-state index is 12.6. The summed E-state index contributed by atoms with van der Waals surface area (Å²) < 4.78 is 0. The molecule has 0 aromatic carbocycles. The number of aryl methyl sites for hydroxylation is 1. The number of nitrogens with zero attached hydrogens (tertiary/aromatic N) is 2. The summed E-state index contributed by atoms with van der Waals surface area (Å²) in [7, 11) is 2.11. The first-order valence-corrected chi connectivity index (χ1v) is 8.58. The number of carbonyl (C=O) groups excluding carboxylic acids is 1. The Morgan fingerprint density at radius 3 is 2.67 bits per heavy atom. The molecule has 4 nitrogen and oxygen atoms in total. The van der Waals surface area contributed by atoms with Gasteiger partial charge < -0.3 is 9.80 Å². The van der Waals surface area contributed by atoms with Crippen LogP contribution in [0.3, 0.4) is 0 Å². The molecule has 1 fully saturated rings. The largest absolute Gasteiger partial charge is 0.319 e. The minimum atomic E-state index is -0.0400. The van der Waals surface area contributed by atoms with Gasteiger partial charge in [-0.3, -0.25) is 10.1 Å². The Labute approximate surface area is 132 Å². The van der Waals surface area contributed by atoms with E-state index in [0.29, 0.717) is 6.04 Å². The monoisotopic (exact) mass is 309 g/mol. The average molecular weight is 309 g/mol. The second kappa shape index (κ2) is 6.90. The van der Waals surface area contributed by atoms with Gasteiger partial charge in [0.1, 0.15) is 6.17 Å². The molecule has 0 bridgehead atoms. The first-order valence-electron chi connectivity index (χ1n) is 7.77. The molecule has 2 unspecified atom stereocenters. The highest BCUT2D eigenvalue weighted by molar-refractivity contribution is 7.12. The number of amides is 1. The van der Waals surface area contributed by atoms with Gasteiger partial charge >= 0.3 is 0 Å². The van der Waals surface area contributed by atoms with E-state index < -0.39 is 0 Å². The summed E-state index contributed by atoms with van der Waals surface area (Å²) in [4.78, 5) is 19.4. The van der Waals surface area contributed by atoms with Crippen molar-refractivity contribution in [2.75, 3.05) is 20.1 Å². The van der Waals surface area contributed by atoms with E-state index in [2.05, 4.69) is 57.1 Å². The minimum absolute atomic E-state index is 0.0400. The molecule has 1 amide bonds. The molecule has 0 spiro atoms. The Balaban J connectivity index is 2.11. The lowest BCUT2D eigenvalue weighted by atomic mass is 10.2. The summed E-state index contributed by atoms with van der Waals surface area (Å²) in [5, 5.41) is 3.49. The van der Waals surface area contributed by atoms with Gasteiger partial charge in [0.25, 0.3) is 0 Å². The molecule has 0 radical (unpaired) electrons. The van der Waals surface area contributed by atoms with Crippen molar-refractivity contribution in [3.8, 4) is 0 Å². The zero-order valence-corrected chi connectivity index (χ0v) is 14.5. The highest BCUT2D eigenvalue weighted by atomic mass is 32.1. The quantitative estimate of drug-likeness (QED) is 0.877. The van der Waals surface area contributed by atoms with E-state index in [1.165, 1.54) is 9.75 Å². The van der Waals surface area contributed by atoms with Gasteiger partial charge in [-0.2, -0.15) is 0 Å². The lowest BCUT2D eigenvalue weighted by molar-refractivity contribution is -0.130. The summed E-state index contributed by atoms with van der Waals surface area (Å²) in [6.07, 6.45) is 0.887. The Bertz CT molecular complexity index is 486. The van der Waals surface area contributed by atoms with Crippen LogP contribution in [0.25, 0.3) is 0 Å². The summed E-state index contributed by atoms with van der Waals surface area (Å²) in [6, 6.07) is 4.73. The van der Waals surface area contributed by atoms with Crippen LogP contribution in [0.15, 0.2) is 12.1 Å². The second-order valence-electron chi connectivity index (χ2n) is 6.08. The van der Waals surface area contributed by atoms with Gasteiger partial charge in [0, 0.05) is 28.9 Å². The van der Waals surface area contributed by atoms with Gasteiger partial charge in [-0.1, -0.05) is 6.92 Å². The van der Waals surface area contributed by atoms with Crippen molar-refractivity contribution in [3.05, 3.63) is 21.9 Å². The van der Waals surface area contributed by atoms with Gasteiger partial charge in [-0.05, 0) is 46.4 Å². The third-order valence-corrected chi connectivity index (χ3v) is 5.32. The Kier molecular flexibility index (Phi) is 5.41. The summed E-state index contributed by atoms with van der Waals surface area (Å²) in [6.45, 7) is 10.2. The van der Waals surface area contributed by atoms with Gasteiger partial charge in [-0.25, -0.2) is 0 Å². The Morgan fingerprint density at radius 1 is 1.43 bits per heavy atom. The maximum absolute atomic E-state index is 12.6. The summed E-state index contributed by atoms with van der Waals surface area (Å²) >= 11 is 1.77. The molecule has 118 valence electrons. The van der Waals surface area contributed by atoms with Gasteiger partial charge in [0.2, 0.25) is 5.91 Å². The number of hydrogen-bond donors (Lipinski definition) is 1. The first-order chi connectivity index (χ1) is 9.93. The highest BCUT2D eigenvalue weighted by Crippen LogP contribution is 2.30. The highest BCUT2D eigenvalue weighted by Gasteiger charge is 2.38. The van der Waals surface area contributed by atoms with Gasteiger partial charge in [0.15, 0.2) is 0 Å². The van der Waals surface area contributed by atoms with Crippen LogP contribution >= 0.6 is 11.3 Å². The molecule has 0 saturated carbocycles. The van der Waals surface area contributed by atoms with E-state index in [0.717, 1.165) is 19.5 Å². The predicted molar refractivity (Wildman–Crippen MR) is 88.5 cm³/mol. The molecule has 21 heavy (non-hydrogen) atoms. The molecule has 1 aromatic heterocycles. The maximum Gasteiger partial charge on any atom is 0.241 e. The lowest BCUT2D eigenvalue weighted by Crippen LogP contribution is -2.39. The van der Waals surface area contributed by atoms with Crippen LogP contribution in [0.5, 0.6) is 0 Å². The molecule has 5 heteroatoms. The van der Waals surface area contributed by atoms with E-state index >= 15 is 0 Å². The van der Waals surface area contributed by atoms with Crippen molar-refractivity contribution >= 4 is 17.2 Å². The van der Waals surface area contributed by atoms with E-state index in [1.54, 1.807) is 11.3 Å². The summed E-state index contributed by atoms with van der Waals surface area (Å²) in [5.41, 5.74) is 0. The third-order valence-electron chi connectivity index (χ3n) is 4.27. The molecule has 1 N–H and O–H groups in total. The third kappa shape index (κ3) is 3.65. The predicted octanol–water partition coefficient (Wildman–Crippen LogP) is 2.61. The van der Waals surface area contributed by atoms with Crippen molar-refractivity contribution in [3.63, 3.8) is 0 Å². The van der Waals surface area contributed by atoms with Crippen LogP contribution in [0, 0.1) is 6.92 Å². The topological polar surface area (TPSA) is 35.6 Å². The van der Waals surface area contributed by atoms with Crippen molar-refractivity contribution in [1.29, 1.82) is 0 Å². The lowest BCUT2D eigenvalue weighted by Gasteiger charge is -2.28. The average Bonchev–Trinajstić information content (AvgIpc) is 3.00. The number of likely N-dealkylation sites (N-methyl/N-ethyl adjacent to an activating group) is 1. The van der Waals surface area contributed by atoms with Crippen molar-refractivity contribution < 1.29 is 4.79 Å². The van der Waals surface area contributed by atoms with Gasteiger partial charge in [-0.15, -0.1) is 11.3 Å². The molecule has 2 atom stereocenters. The fourth-order valence-electron chi connectivity index (χ4n) is 2.57. The van der Waals surface area contributed by atoms with Crippen molar-refractivity contribution in [2.24, 2.45) is 0 Å². The summed E-state index contributed by atoms with van der Waals surface area (Å²) in [5.74, 6) is 0.241. The van der Waals surface area contributed by atoms with E-state index in [9.17, 15) is 4.79 Å².